The zero-order valence-electron chi connectivity index (χ0n) is 13.5. The summed E-state index contributed by atoms with van der Waals surface area (Å²) < 4.78 is 5.20. The topological polar surface area (TPSA) is 105 Å². The van der Waals surface area contributed by atoms with Crippen molar-refractivity contribution in [1.29, 1.82) is 0 Å². The van der Waals surface area contributed by atoms with Crippen LogP contribution in [0.2, 0.25) is 5.02 Å². The number of amides is 1. The number of benzene rings is 1. The number of nitrogens with zero attached hydrogens (tertiary/aromatic N) is 1. The highest BCUT2D eigenvalue weighted by atomic mass is 35.5. The molecular formula is C16H22ClN3O4. The normalized spacial score (nSPS) is 17.7. The van der Waals surface area contributed by atoms with Gasteiger partial charge < -0.3 is 25.8 Å². The second-order valence-electron chi connectivity index (χ2n) is 5.83. The number of aliphatic carboxylic acids is 1. The lowest BCUT2D eigenvalue weighted by molar-refractivity contribution is -0.137. The van der Waals surface area contributed by atoms with Crippen LogP contribution in [0.15, 0.2) is 12.1 Å². The van der Waals surface area contributed by atoms with Gasteiger partial charge in [0, 0.05) is 31.6 Å². The van der Waals surface area contributed by atoms with Crippen molar-refractivity contribution in [2.75, 3.05) is 32.5 Å². The molecule has 4 N–H and O–H groups in total. The second-order valence-corrected chi connectivity index (χ2v) is 6.24. The van der Waals surface area contributed by atoms with Crippen LogP contribution in [-0.2, 0) is 4.79 Å². The molecule has 1 aliphatic heterocycles. The van der Waals surface area contributed by atoms with E-state index in [9.17, 15) is 9.59 Å². The van der Waals surface area contributed by atoms with Crippen LogP contribution in [0.4, 0.5) is 5.69 Å². The van der Waals surface area contributed by atoms with Crippen molar-refractivity contribution >= 4 is 29.2 Å². The minimum Gasteiger partial charge on any atom is -0.496 e. The summed E-state index contributed by atoms with van der Waals surface area (Å²) in [4.78, 5) is 25.2. The number of likely N-dealkylation sites (tertiary alicyclic amines) is 1. The standard InChI is InChI=1S/C16H22ClN3O4/c1-24-14-8-13(18)12(17)7-11(14)16(23)19-10-4-6-20(9-10)5-2-3-15(21)22/h7-8,10H,2-6,9,18H2,1H3,(H,19,23)(H,21,22). The maximum atomic E-state index is 12.5. The molecule has 1 aliphatic rings. The molecule has 0 aliphatic carbocycles. The molecule has 0 saturated carbocycles. The molecule has 1 aromatic carbocycles. The molecule has 1 unspecified atom stereocenters. The number of nitrogens with two attached hydrogens (primary N) is 1. The molecule has 1 amide bonds. The van der Waals surface area contributed by atoms with E-state index in [0.29, 0.717) is 35.0 Å². The number of hydrogen-bond acceptors (Lipinski definition) is 5. The first kappa shape index (κ1) is 18.4. The van der Waals surface area contributed by atoms with Gasteiger partial charge >= 0.3 is 5.97 Å². The third-order valence-corrected chi connectivity index (χ3v) is 4.36. The van der Waals surface area contributed by atoms with Crippen LogP contribution in [0.25, 0.3) is 0 Å². The number of ether oxygens (including phenoxy) is 1. The number of nitrogen functional groups attached to an aromatic ring is 1. The first-order valence-corrected chi connectivity index (χ1v) is 8.16. The Kier molecular flexibility index (Phi) is 6.28. The summed E-state index contributed by atoms with van der Waals surface area (Å²) in [7, 11) is 1.47. The van der Waals surface area contributed by atoms with E-state index in [1.165, 1.54) is 19.2 Å². The lowest BCUT2D eigenvalue weighted by atomic mass is 10.1. The van der Waals surface area contributed by atoms with Crippen LogP contribution in [0.3, 0.4) is 0 Å². The van der Waals surface area contributed by atoms with E-state index in [1.54, 1.807) is 0 Å². The Morgan fingerprint density at radius 3 is 2.92 bits per heavy atom. The molecule has 132 valence electrons. The van der Waals surface area contributed by atoms with Gasteiger partial charge in [-0.3, -0.25) is 9.59 Å². The molecule has 0 aromatic heterocycles. The maximum Gasteiger partial charge on any atom is 0.303 e. The number of anilines is 1. The van der Waals surface area contributed by atoms with E-state index in [0.717, 1.165) is 19.5 Å². The molecule has 2 rings (SSSR count). The molecule has 1 saturated heterocycles. The van der Waals surface area contributed by atoms with E-state index in [4.69, 9.17) is 27.2 Å². The minimum absolute atomic E-state index is 0.0170. The van der Waals surface area contributed by atoms with Gasteiger partial charge in [-0.1, -0.05) is 11.6 Å². The third-order valence-electron chi connectivity index (χ3n) is 4.04. The highest BCUT2D eigenvalue weighted by Crippen LogP contribution is 2.29. The summed E-state index contributed by atoms with van der Waals surface area (Å²) in [5.41, 5.74) is 6.43. The fourth-order valence-corrected chi connectivity index (χ4v) is 2.95. The lowest BCUT2D eigenvalue weighted by Crippen LogP contribution is -2.37. The van der Waals surface area contributed by atoms with Crippen LogP contribution in [0, 0.1) is 0 Å². The van der Waals surface area contributed by atoms with E-state index in [2.05, 4.69) is 10.2 Å². The Hall–Kier alpha value is -1.99. The second kappa shape index (κ2) is 8.21. The quantitative estimate of drug-likeness (QED) is 0.642. The van der Waals surface area contributed by atoms with E-state index in [-0.39, 0.29) is 18.4 Å². The molecule has 7 nitrogen and oxygen atoms in total. The molecule has 1 fully saturated rings. The number of hydrogen-bond donors (Lipinski definition) is 3. The number of carboxylic acid groups (broad SMARTS) is 1. The summed E-state index contributed by atoms with van der Waals surface area (Å²) in [5.74, 6) is -0.664. The Bertz CT molecular complexity index is 624. The van der Waals surface area contributed by atoms with Gasteiger partial charge in [0.05, 0.1) is 23.4 Å². The van der Waals surface area contributed by atoms with Gasteiger partial charge in [-0.25, -0.2) is 0 Å². The van der Waals surface area contributed by atoms with Gasteiger partial charge in [-0.05, 0) is 25.5 Å². The van der Waals surface area contributed by atoms with Crippen molar-refractivity contribution < 1.29 is 19.4 Å². The highest BCUT2D eigenvalue weighted by molar-refractivity contribution is 6.33. The fourth-order valence-electron chi connectivity index (χ4n) is 2.79. The number of carbonyl (C=O) groups is 2. The predicted octanol–water partition coefficient (Wildman–Crippen LogP) is 1.60. The Labute approximate surface area is 145 Å². The van der Waals surface area contributed by atoms with Crippen molar-refractivity contribution in [2.45, 2.75) is 25.3 Å². The highest BCUT2D eigenvalue weighted by Gasteiger charge is 2.25. The average molecular weight is 356 g/mol. The van der Waals surface area contributed by atoms with Gasteiger partial charge in [0.25, 0.3) is 5.91 Å². The number of carbonyl (C=O) groups excluding carboxylic acids is 1. The smallest absolute Gasteiger partial charge is 0.303 e. The van der Waals surface area contributed by atoms with E-state index < -0.39 is 5.97 Å². The maximum absolute atomic E-state index is 12.5. The van der Waals surface area contributed by atoms with Gasteiger partial charge in [-0.2, -0.15) is 0 Å². The summed E-state index contributed by atoms with van der Waals surface area (Å²) in [6, 6.07) is 3.05. The third kappa shape index (κ3) is 4.75. The zero-order valence-corrected chi connectivity index (χ0v) is 14.3. The summed E-state index contributed by atoms with van der Waals surface area (Å²) in [6.45, 7) is 2.26. The Balaban J connectivity index is 1.91. The fraction of sp³-hybridized carbons (Fsp3) is 0.500. The molecule has 0 radical (unpaired) electrons. The van der Waals surface area contributed by atoms with E-state index >= 15 is 0 Å². The lowest BCUT2D eigenvalue weighted by Gasteiger charge is -2.17. The van der Waals surface area contributed by atoms with Crippen LogP contribution in [-0.4, -0.2) is 54.7 Å². The first-order valence-electron chi connectivity index (χ1n) is 7.78. The largest absolute Gasteiger partial charge is 0.496 e. The molecule has 24 heavy (non-hydrogen) atoms. The minimum atomic E-state index is -0.786. The van der Waals surface area contributed by atoms with Crippen molar-refractivity contribution in [3.63, 3.8) is 0 Å². The van der Waals surface area contributed by atoms with Gasteiger partial charge in [0.15, 0.2) is 0 Å². The molecular weight excluding hydrogens is 334 g/mol. The summed E-state index contributed by atoms with van der Waals surface area (Å²) in [6.07, 6.45) is 1.59. The van der Waals surface area contributed by atoms with Crippen LogP contribution in [0.5, 0.6) is 5.75 Å². The number of nitrogens with one attached hydrogen (secondary N) is 1. The molecule has 1 atom stereocenters. The summed E-state index contributed by atoms with van der Waals surface area (Å²) >= 11 is 5.99. The molecule has 1 heterocycles. The van der Waals surface area contributed by atoms with E-state index in [1.807, 2.05) is 0 Å². The summed E-state index contributed by atoms with van der Waals surface area (Å²) in [5, 5.41) is 11.9. The van der Waals surface area contributed by atoms with Gasteiger partial charge in [0.1, 0.15) is 5.75 Å². The number of methoxy groups -OCH3 is 1. The molecule has 1 aromatic rings. The van der Waals surface area contributed by atoms with Crippen LogP contribution in [0.1, 0.15) is 29.6 Å². The predicted molar refractivity (Wildman–Crippen MR) is 91.6 cm³/mol. The Morgan fingerprint density at radius 1 is 1.50 bits per heavy atom. The van der Waals surface area contributed by atoms with Crippen molar-refractivity contribution in [3.8, 4) is 5.75 Å². The molecule has 0 bridgehead atoms. The van der Waals surface area contributed by atoms with Gasteiger partial charge in [-0.15, -0.1) is 0 Å². The van der Waals surface area contributed by atoms with Crippen molar-refractivity contribution in [1.82, 2.24) is 10.2 Å². The first-order chi connectivity index (χ1) is 11.4. The zero-order chi connectivity index (χ0) is 17.7. The average Bonchev–Trinajstić information content (AvgIpc) is 2.96. The monoisotopic (exact) mass is 355 g/mol. The van der Waals surface area contributed by atoms with Crippen molar-refractivity contribution in [3.05, 3.63) is 22.7 Å². The number of halogens is 1. The van der Waals surface area contributed by atoms with Crippen LogP contribution >= 0.6 is 11.6 Å². The SMILES string of the molecule is COc1cc(N)c(Cl)cc1C(=O)NC1CCN(CCCC(=O)O)C1. The van der Waals surface area contributed by atoms with Gasteiger partial charge in [0.2, 0.25) is 0 Å². The molecule has 0 spiro atoms. The van der Waals surface area contributed by atoms with Crippen molar-refractivity contribution in [2.24, 2.45) is 0 Å². The number of rotatable bonds is 7. The number of carboxylic acids is 1. The van der Waals surface area contributed by atoms with Crippen LogP contribution < -0.4 is 15.8 Å². The Morgan fingerprint density at radius 2 is 2.25 bits per heavy atom. The molecule has 8 heteroatoms.